The highest BCUT2D eigenvalue weighted by molar-refractivity contribution is 7.98. The zero-order valence-electron chi connectivity index (χ0n) is 8.38. The Bertz CT molecular complexity index is 94.4. The van der Waals surface area contributed by atoms with Gasteiger partial charge in [-0.1, -0.05) is 6.92 Å². The summed E-state index contributed by atoms with van der Waals surface area (Å²) in [7, 11) is 0. The van der Waals surface area contributed by atoms with Crippen molar-refractivity contribution < 1.29 is 0 Å². The molecule has 1 aliphatic rings. The Kier molecular flexibility index (Phi) is 5.08. The van der Waals surface area contributed by atoms with E-state index in [-0.39, 0.29) is 0 Å². The van der Waals surface area contributed by atoms with Crippen molar-refractivity contribution in [3.63, 3.8) is 0 Å². The van der Waals surface area contributed by atoms with Crippen LogP contribution in [0, 0.1) is 5.92 Å². The van der Waals surface area contributed by atoms with E-state index in [9.17, 15) is 0 Å². The number of piperidine rings is 1. The van der Waals surface area contributed by atoms with E-state index in [4.69, 9.17) is 0 Å². The second-order valence-electron chi connectivity index (χ2n) is 3.74. The van der Waals surface area contributed by atoms with Crippen molar-refractivity contribution in [1.29, 1.82) is 0 Å². The summed E-state index contributed by atoms with van der Waals surface area (Å²) < 4.78 is 0. The van der Waals surface area contributed by atoms with Crippen molar-refractivity contribution in [3.8, 4) is 0 Å². The molecule has 0 saturated carbocycles. The first-order chi connectivity index (χ1) is 5.86. The van der Waals surface area contributed by atoms with Crippen molar-refractivity contribution in [2.24, 2.45) is 5.92 Å². The first-order valence-corrected chi connectivity index (χ1v) is 6.47. The number of nitrogens with zero attached hydrogens (tertiary/aromatic N) is 1. The molecule has 0 unspecified atom stereocenters. The lowest BCUT2D eigenvalue weighted by molar-refractivity contribution is 0.195. The zero-order valence-corrected chi connectivity index (χ0v) is 9.20. The standard InChI is InChI=1S/C10H21NS/c1-3-6-11-7-4-10(5-8-11)9-12-2/h10H,3-9H2,1-2H3. The molecule has 0 spiro atoms. The molecule has 0 aromatic heterocycles. The van der Waals surface area contributed by atoms with Crippen LogP contribution in [0.4, 0.5) is 0 Å². The number of rotatable bonds is 4. The van der Waals surface area contributed by atoms with Crippen LogP contribution in [0.15, 0.2) is 0 Å². The Labute approximate surface area is 80.9 Å². The fourth-order valence-electron chi connectivity index (χ4n) is 1.93. The summed E-state index contributed by atoms with van der Waals surface area (Å²) in [6.07, 6.45) is 6.40. The highest BCUT2D eigenvalue weighted by atomic mass is 32.2. The lowest BCUT2D eigenvalue weighted by atomic mass is 9.99. The second kappa shape index (κ2) is 5.87. The molecular formula is C10H21NS. The van der Waals surface area contributed by atoms with Gasteiger partial charge in [-0.25, -0.2) is 0 Å². The maximum absolute atomic E-state index is 2.61. The van der Waals surface area contributed by atoms with Crippen molar-refractivity contribution in [2.45, 2.75) is 26.2 Å². The predicted molar refractivity (Wildman–Crippen MR) is 57.8 cm³/mol. The largest absolute Gasteiger partial charge is 0.303 e. The third-order valence-corrected chi connectivity index (χ3v) is 3.45. The third kappa shape index (κ3) is 3.36. The number of hydrogen-bond acceptors (Lipinski definition) is 2. The van der Waals surface area contributed by atoms with Gasteiger partial charge in [-0.05, 0) is 56.8 Å². The first-order valence-electron chi connectivity index (χ1n) is 5.08. The summed E-state index contributed by atoms with van der Waals surface area (Å²) in [5, 5.41) is 0. The SMILES string of the molecule is CCCN1CCC(CSC)CC1. The Hall–Kier alpha value is 0.310. The van der Waals surface area contributed by atoms with Gasteiger partial charge in [-0.2, -0.15) is 11.8 Å². The van der Waals surface area contributed by atoms with Gasteiger partial charge in [0.05, 0.1) is 0 Å². The fourth-order valence-corrected chi connectivity index (χ4v) is 2.73. The topological polar surface area (TPSA) is 3.24 Å². The summed E-state index contributed by atoms with van der Waals surface area (Å²) >= 11 is 2.00. The average molecular weight is 187 g/mol. The lowest BCUT2D eigenvalue weighted by Gasteiger charge is -2.31. The smallest absolute Gasteiger partial charge is 0.00158 e. The van der Waals surface area contributed by atoms with Crippen molar-refractivity contribution in [1.82, 2.24) is 4.90 Å². The first kappa shape index (κ1) is 10.4. The van der Waals surface area contributed by atoms with E-state index < -0.39 is 0 Å². The van der Waals surface area contributed by atoms with E-state index in [1.807, 2.05) is 11.8 Å². The Balaban J connectivity index is 2.11. The molecule has 72 valence electrons. The Morgan fingerprint density at radius 3 is 2.50 bits per heavy atom. The molecule has 1 fully saturated rings. The van der Waals surface area contributed by atoms with Gasteiger partial charge >= 0.3 is 0 Å². The molecule has 0 aliphatic carbocycles. The van der Waals surface area contributed by atoms with Gasteiger partial charge in [-0.3, -0.25) is 0 Å². The lowest BCUT2D eigenvalue weighted by Crippen LogP contribution is -2.34. The van der Waals surface area contributed by atoms with E-state index >= 15 is 0 Å². The molecule has 0 radical (unpaired) electrons. The predicted octanol–water partition coefficient (Wildman–Crippen LogP) is 2.47. The minimum Gasteiger partial charge on any atom is -0.303 e. The molecule has 1 nitrogen and oxygen atoms in total. The second-order valence-corrected chi connectivity index (χ2v) is 4.65. The maximum Gasteiger partial charge on any atom is -0.00158 e. The summed E-state index contributed by atoms with van der Waals surface area (Å²) in [5.74, 6) is 2.38. The summed E-state index contributed by atoms with van der Waals surface area (Å²) in [6.45, 7) is 6.28. The number of likely N-dealkylation sites (tertiary alicyclic amines) is 1. The average Bonchev–Trinajstić information content (AvgIpc) is 2.09. The van der Waals surface area contributed by atoms with Crippen LogP contribution in [0.25, 0.3) is 0 Å². The van der Waals surface area contributed by atoms with E-state index in [2.05, 4.69) is 18.1 Å². The maximum atomic E-state index is 2.61. The highest BCUT2D eigenvalue weighted by Gasteiger charge is 2.17. The van der Waals surface area contributed by atoms with Crippen molar-refractivity contribution >= 4 is 11.8 Å². The minimum atomic E-state index is 1.01. The molecule has 2 heteroatoms. The van der Waals surface area contributed by atoms with Crippen LogP contribution in [0.2, 0.25) is 0 Å². The van der Waals surface area contributed by atoms with Crippen LogP contribution >= 0.6 is 11.8 Å². The molecule has 12 heavy (non-hydrogen) atoms. The molecule has 0 N–H and O–H groups in total. The summed E-state index contributed by atoms with van der Waals surface area (Å²) in [5.41, 5.74) is 0. The van der Waals surface area contributed by atoms with Crippen molar-refractivity contribution in [2.75, 3.05) is 31.6 Å². The molecule has 0 aromatic carbocycles. The van der Waals surface area contributed by atoms with E-state index in [0.717, 1.165) is 5.92 Å². The van der Waals surface area contributed by atoms with Gasteiger partial charge in [0, 0.05) is 0 Å². The molecular weight excluding hydrogens is 166 g/mol. The van der Waals surface area contributed by atoms with Gasteiger partial charge in [-0.15, -0.1) is 0 Å². The van der Waals surface area contributed by atoms with Crippen LogP contribution in [-0.2, 0) is 0 Å². The van der Waals surface area contributed by atoms with Gasteiger partial charge in [0.2, 0.25) is 0 Å². The van der Waals surface area contributed by atoms with Crippen LogP contribution in [-0.4, -0.2) is 36.5 Å². The molecule has 0 atom stereocenters. The van der Waals surface area contributed by atoms with E-state index in [1.165, 1.54) is 44.6 Å². The molecule has 0 bridgehead atoms. The van der Waals surface area contributed by atoms with Gasteiger partial charge in [0.25, 0.3) is 0 Å². The van der Waals surface area contributed by atoms with E-state index in [0.29, 0.717) is 0 Å². The van der Waals surface area contributed by atoms with E-state index in [1.54, 1.807) is 0 Å². The van der Waals surface area contributed by atoms with Crippen LogP contribution in [0.1, 0.15) is 26.2 Å². The monoisotopic (exact) mass is 187 g/mol. The third-order valence-electron chi connectivity index (χ3n) is 2.65. The molecule has 0 aromatic rings. The molecule has 0 amide bonds. The quantitative estimate of drug-likeness (QED) is 0.665. The number of hydrogen-bond donors (Lipinski definition) is 0. The van der Waals surface area contributed by atoms with Gasteiger partial charge < -0.3 is 4.90 Å². The normalized spacial score (nSPS) is 21.5. The summed E-state index contributed by atoms with van der Waals surface area (Å²) in [4.78, 5) is 2.61. The van der Waals surface area contributed by atoms with Gasteiger partial charge in [0.1, 0.15) is 0 Å². The zero-order chi connectivity index (χ0) is 8.81. The summed E-state index contributed by atoms with van der Waals surface area (Å²) in [6, 6.07) is 0. The number of thioether (sulfide) groups is 1. The molecule has 1 saturated heterocycles. The minimum absolute atomic E-state index is 1.01. The van der Waals surface area contributed by atoms with Crippen molar-refractivity contribution in [3.05, 3.63) is 0 Å². The van der Waals surface area contributed by atoms with Gasteiger partial charge in [0.15, 0.2) is 0 Å². The van der Waals surface area contributed by atoms with Crippen LogP contribution in [0.5, 0.6) is 0 Å². The molecule has 1 aliphatic heterocycles. The van der Waals surface area contributed by atoms with Crippen LogP contribution < -0.4 is 0 Å². The fraction of sp³-hybridized carbons (Fsp3) is 1.00. The Morgan fingerprint density at radius 2 is 2.00 bits per heavy atom. The molecule has 1 heterocycles. The Morgan fingerprint density at radius 1 is 1.33 bits per heavy atom. The molecule has 1 rings (SSSR count). The van der Waals surface area contributed by atoms with Crippen LogP contribution in [0.3, 0.4) is 0 Å². The highest BCUT2D eigenvalue weighted by Crippen LogP contribution is 2.20.